The van der Waals surface area contributed by atoms with E-state index in [2.05, 4.69) is 31.2 Å². The van der Waals surface area contributed by atoms with Crippen molar-refractivity contribution >= 4 is 28.2 Å². The van der Waals surface area contributed by atoms with Crippen molar-refractivity contribution in [1.82, 2.24) is 5.43 Å². The Labute approximate surface area is 148 Å². The summed E-state index contributed by atoms with van der Waals surface area (Å²) in [5, 5.41) is 3.79. The van der Waals surface area contributed by atoms with Crippen molar-refractivity contribution < 1.29 is 19.0 Å². The van der Waals surface area contributed by atoms with Crippen molar-refractivity contribution in [3.05, 3.63) is 58.1 Å². The summed E-state index contributed by atoms with van der Waals surface area (Å²) < 4.78 is 16.4. The fourth-order valence-corrected chi connectivity index (χ4v) is 2.46. The second-order valence-electron chi connectivity index (χ2n) is 4.67. The molecular weight excluding hydrogens is 376 g/mol. The predicted octanol–water partition coefficient (Wildman–Crippen LogP) is 3.73. The van der Waals surface area contributed by atoms with Crippen LogP contribution in [0.1, 0.15) is 11.1 Å². The van der Waals surface area contributed by atoms with Gasteiger partial charge in [-0.1, -0.05) is 30.3 Å². The van der Waals surface area contributed by atoms with Gasteiger partial charge in [-0.3, -0.25) is 0 Å². The van der Waals surface area contributed by atoms with Crippen LogP contribution in [-0.4, -0.2) is 26.5 Å². The molecule has 6 nitrogen and oxygen atoms in total. The van der Waals surface area contributed by atoms with E-state index in [-0.39, 0.29) is 0 Å². The van der Waals surface area contributed by atoms with Gasteiger partial charge in [-0.25, -0.2) is 10.2 Å². The van der Waals surface area contributed by atoms with E-state index >= 15 is 0 Å². The third-order valence-electron chi connectivity index (χ3n) is 3.03. The van der Waals surface area contributed by atoms with Crippen LogP contribution in [0.15, 0.2) is 52.0 Å². The van der Waals surface area contributed by atoms with Gasteiger partial charge in [0.2, 0.25) is 0 Å². The Hall–Kier alpha value is -2.54. The van der Waals surface area contributed by atoms with Crippen LogP contribution >= 0.6 is 15.9 Å². The highest BCUT2D eigenvalue weighted by Gasteiger charge is 2.11. The summed E-state index contributed by atoms with van der Waals surface area (Å²) in [5.41, 5.74) is 4.00. The molecule has 1 amide bonds. The van der Waals surface area contributed by atoms with Crippen LogP contribution in [0.25, 0.3) is 0 Å². The zero-order valence-electron chi connectivity index (χ0n) is 13.3. The van der Waals surface area contributed by atoms with E-state index in [1.54, 1.807) is 13.2 Å². The van der Waals surface area contributed by atoms with Gasteiger partial charge in [0.05, 0.1) is 24.9 Å². The smallest absolute Gasteiger partial charge is 0.427 e. The Morgan fingerprint density at radius 3 is 2.67 bits per heavy atom. The van der Waals surface area contributed by atoms with Crippen molar-refractivity contribution in [2.45, 2.75) is 6.61 Å². The number of nitrogens with zero attached hydrogens (tertiary/aromatic N) is 1. The van der Waals surface area contributed by atoms with Gasteiger partial charge in [-0.15, -0.1) is 0 Å². The highest BCUT2D eigenvalue weighted by Crippen LogP contribution is 2.36. The highest BCUT2D eigenvalue weighted by molar-refractivity contribution is 9.10. The van der Waals surface area contributed by atoms with Crippen molar-refractivity contribution in [3.63, 3.8) is 0 Å². The molecule has 0 aliphatic heterocycles. The number of methoxy groups -OCH3 is 2. The SMILES string of the molecule is COC(=O)N/N=C/c1cc(Br)c(OCc2ccccc2)c(OC)c1. The molecular formula is C17H17BrN2O4. The first kappa shape index (κ1) is 17.8. The first-order valence-electron chi connectivity index (χ1n) is 7.05. The lowest BCUT2D eigenvalue weighted by molar-refractivity contribution is 0.171. The van der Waals surface area contributed by atoms with E-state index < -0.39 is 6.09 Å². The molecule has 0 saturated carbocycles. The van der Waals surface area contributed by atoms with E-state index in [0.717, 1.165) is 15.6 Å². The fourth-order valence-electron chi connectivity index (χ4n) is 1.89. The molecule has 0 heterocycles. The molecule has 7 heteroatoms. The molecule has 2 rings (SSSR count). The predicted molar refractivity (Wildman–Crippen MR) is 94.6 cm³/mol. The molecule has 126 valence electrons. The summed E-state index contributed by atoms with van der Waals surface area (Å²) in [6.07, 6.45) is 0.839. The molecule has 0 saturated heterocycles. The highest BCUT2D eigenvalue weighted by atomic mass is 79.9. The summed E-state index contributed by atoms with van der Waals surface area (Å²) >= 11 is 3.47. The Morgan fingerprint density at radius 2 is 2.00 bits per heavy atom. The Bertz CT molecular complexity index is 720. The van der Waals surface area contributed by atoms with Crippen LogP contribution in [-0.2, 0) is 11.3 Å². The average molecular weight is 393 g/mol. The van der Waals surface area contributed by atoms with E-state index in [4.69, 9.17) is 9.47 Å². The molecule has 0 unspecified atom stereocenters. The topological polar surface area (TPSA) is 69.2 Å². The number of carbonyl (C=O) groups excluding carboxylic acids is 1. The summed E-state index contributed by atoms with van der Waals surface area (Å²) in [6, 6.07) is 13.4. The van der Waals surface area contributed by atoms with Crippen molar-refractivity contribution in [1.29, 1.82) is 0 Å². The van der Waals surface area contributed by atoms with Gasteiger partial charge in [-0.05, 0) is 39.2 Å². The molecule has 0 spiro atoms. The molecule has 2 aromatic carbocycles. The Balaban J connectivity index is 2.13. The van der Waals surface area contributed by atoms with E-state index in [1.165, 1.54) is 13.3 Å². The van der Waals surface area contributed by atoms with Crippen LogP contribution in [0.3, 0.4) is 0 Å². The lowest BCUT2D eigenvalue weighted by Crippen LogP contribution is -2.16. The van der Waals surface area contributed by atoms with Gasteiger partial charge in [0, 0.05) is 0 Å². The zero-order valence-corrected chi connectivity index (χ0v) is 14.9. The molecule has 0 fully saturated rings. The molecule has 1 N–H and O–H groups in total. The van der Waals surface area contributed by atoms with Gasteiger partial charge in [0.1, 0.15) is 6.61 Å². The number of nitrogens with one attached hydrogen (secondary N) is 1. The third-order valence-corrected chi connectivity index (χ3v) is 3.62. The largest absolute Gasteiger partial charge is 0.493 e. The third kappa shape index (κ3) is 4.99. The zero-order chi connectivity index (χ0) is 17.4. The number of ether oxygens (including phenoxy) is 3. The summed E-state index contributed by atoms with van der Waals surface area (Å²) in [6.45, 7) is 0.424. The van der Waals surface area contributed by atoms with Gasteiger partial charge in [0.15, 0.2) is 11.5 Å². The van der Waals surface area contributed by atoms with Crippen LogP contribution < -0.4 is 14.9 Å². The minimum absolute atomic E-state index is 0.424. The monoisotopic (exact) mass is 392 g/mol. The molecule has 0 radical (unpaired) electrons. The molecule has 0 atom stereocenters. The number of hydrazone groups is 1. The minimum atomic E-state index is -0.639. The van der Waals surface area contributed by atoms with Crippen molar-refractivity contribution in [2.75, 3.05) is 14.2 Å². The number of benzene rings is 2. The number of hydrogen-bond acceptors (Lipinski definition) is 5. The van der Waals surface area contributed by atoms with Crippen LogP contribution in [0.2, 0.25) is 0 Å². The van der Waals surface area contributed by atoms with Crippen molar-refractivity contribution in [3.8, 4) is 11.5 Å². The number of rotatable bonds is 6. The quantitative estimate of drug-likeness (QED) is 0.600. The lowest BCUT2D eigenvalue weighted by atomic mass is 10.2. The van der Waals surface area contributed by atoms with Crippen LogP contribution in [0, 0.1) is 0 Å². The Morgan fingerprint density at radius 1 is 1.25 bits per heavy atom. The van der Waals surface area contributed by atoms with Gasteiger partial charge >= 0.3 is 6.09 Å². The fraction of sp³-hybridized carbons (Fsp3) is 0.176. The molecule has 0 aliphatic carbocycles. The molecule has 0 bridgehead atoms. The standard InChI is InChI=1S/C17H17BrN2O4/c1-22-15-9-13(10-19-20-17(21)23-2)8-14(18)16(15)24-11-12-6-4-3-5-7-12/h3-10H,11H2,1-2H3,(H,20,21)/b19-10+. The normalized spacial score (nSPS) is 10.5. The maximum Gasteiger partial charge on any atom is 0.427 e. The Kier molecular flexibility index (Phi) is 6.62. The van der Waals surface area contributed by atoms with Crippen LogP contribution in [0.4, 0.5) is 4.79 Å². The number of halogens is 1. The molecule has 24 heavy (non-hydrogen) atoms. The first-order chi connectivity index (χ1) is 11.6. The lowest BCUT2D eigenvalue weighted by Gasteiger charge is -2.13. The van der Waals surface area contributed by atoms with Crippen molar-refractivity contribution in [2.24, 2.45) is 5.10 Å². The second-order valence-corrected chi connectivity index (χ2v) is 5.52. The first-order valence-corrected chi connectivity index (χ1v) is 7.84. The molecule has 0 aliphatic rings. The number of hydrogen-bond donors (Lipinski definition) is 1. The average Bonchev–Trinajstić information content (AvgIpc) is 2.61. The van der Waals surface area contributed by atoms with Crippen LogP contribution in [0.5, 0.6) is 11.5 Å². The van der Waals surface area contributed by atoms with Gasteiger partial charge in [0.25, 0.3) is 0 Å². The minimum Gasteiger partial charge on any atom is -0.493 e. The summed E-state index contributed by atoms with van der Waals surface area (Å²) in [5.74, 6) is 1.15. The van der Waals surface area contributed by atoms with Gasteiger partial charge < -0.3 is 14.2 Å². The number of carbonyl (C=O) groups is 1. The summed E-state index contributed by atoms with van der Waals surface area (Å²) in [7, 11) is 2.83. The summed E-state index contributed by atoms with van der Waals surface area (Å²) in [4.78, 5) is 11.0. The van der Waals surface area contributed by atoms with E-state index in [9.17, 15) is 4.79 Å². The maximum atomic E-state index is 11.0. The molecule has 0 aromatic heterocycles. The van der Waals surface area contributed by atoms with E-state index in [1.807, 2.05) is 36.4 Å². The second kappa shape index (κ2) is 8.93. The molecule has 2 aromatic rings. The maximum absolute atomic E-state index is 11.0. The van der Waals surface area contributed by atoms with E-state index in [0.29, 0.717) is 18.1 Å². The van der Waals surface area contributed by atoms with Gasteiger partial charge in [-0.2, -0.15) is 5.10 Å². The number of amides is 1.